The van der Waals surface area contributed by atoms with Crippen molar-refractivity contribution in [2.75, 3.05) is 13.2 Å². The maximum Gasteiger partial charge on any atom is 0.293 e. The molecule has 0 saturated carbocycles. The summed E-state index contributed by atoms with van der Waals surface area (Å²) in [6, 6.07) is 15.4. The highest BCUT2D eigenvalue weighted by Gasteiger charge is 2.34. The number of hydrogen-bond donors (Lipinski definition) is 0. The van der Waals surface area contributed by atoms with Gasteiger partial charge in [0.1, 0.15) is 18.6 Å². The van der Waals surface area contributed by atoms with Crippen LogP contribution in [0.4, 0.5) is 4.79 Å². The monoisotopic (exact) mass is 447 g/mol. The molecule has 2 aromatic carbocycles. The van der Waals surface area contributed by atoms with Crippen LogP contribution in [0.5, 0.6) is 5.75 Å². The molecule has 32 heavy (non-hydrogen) atoms. The van der Waals surface area contributed by atoms with Gasteiger partial charge in [0.2, 0.25) is 0 Å². The van der Waals surface area contributed by atoms with Crippen LogP contribution in [0.1, 0.15) is 30.5 Å². The molecule has 1 aliphatic heterocycles. The average Bonchev–Trinajstić information content (AvgIpc) is 3.02. The van der Waals surface area contributed by atoms with Gasteiger partial charge in [0.25, 0.3) is 11.1 Å². The first-order valence-corrected chi connectivity index (χ1v) is 11.0. The number of ether oxygens (including phenoxy) is 1. The molecule has 2 amide bonds. The van der Waals surface area contributed by atoms with Crippen LogP contribution in [0.15, 0.2) is 70.7 Å². The number of nitrogens with zero attached hydrogens (tertiary/aromatic N) is 1. The average molecular weight is 448 g/mol. The van der Waals surface area contributed by atoms with E-state index >= 15 is 0 Å². The maximum absolute atomic E-state index is 12.7. The molecule has 1 saturated heterocycles. The summed E-state index contributed by atoms with van der Waals surface area (Å²) in [5.74, 6) is 0.416. The first-order chi connectivity index (χ1) is 15.4. The zero-order valence-corrected chi connectivity index (χ0v) is 19.1. The van der Waals surface area contributed by atoms with E-state index in [-0.39, 0.29) is 24.3 Å². The molecule has 6 heteroatoms. The van der Waals surface area contributed by atoms with Gasteiger partial charge >= 0.3 is 0 Å². The smallest absolute Gasteiger partial charge is 0.293 e. The molecule has 1 aliphatic rings. The Morgan fingerprint density at radius 2 is 1.66 bits per heavy atom. The summed E-state index contributed by atoms with van der Waals surface area (Å²) in [6.45, 7) is 6.07. The number of carbonyl (C=O) groups is 3. The third kappa shape index (κ3) is 6.31. The van der Waals surface area contributed by atoms with E-state index in [1.54, 1.807) is 13.0 Å². The first kappa shape index (κ1) is 23.3. The Morgan fingerprint density at radius 3 is 2.28 bits per heavy atom. The van der Waals surface area contributed by atoms with Crippen LogP contribution >= 0.6 is 11.8 Å². The molecular formula is C26H25NO4S. The Kier molecular flexibility index (Phi) is 7.84. The van der Waals surface area contributed by atoms with Gasteiger partial charge in [-0.25, -0.2) is 0 Å². The quantitative estimate of drug-likeness (QED) is 0.386. The van der Waals surface area contributed by atoms with Gasteiger partial charge in [-0.15, -0.1) is 0 Å². The second-order valence-electron chi connectivity index (χ2n) is 7.56. The fourth-order valence-electron chi connectivity index (χ4n) is 3.15. The lowest BCUT2D eigenvalue weighted by atomic mass is 10.1. The molecule has 0 unspecified atom stereocenters. The summed E-state index contributed by atoms with van der Waals surface area (Å²) in [6.07, 6.45) is 6.30. The molecule has 3 rings (SSSR count). The Hall–Kier alpha value is -3.38. The third-order valence-electron chi connectivity index (χ3n) is 4.72. The molecule has 0 radical (unpaired) electrons. The lowest BCUT2D eigenvalue weighted by Crippen LogP contribution is -2.32. The van der Waals surface area contributed by atoms with Crippen LogP contribution < -0.4 is 4.74 Å². The number of imide groups is 1. The van der Waals surface area contributed by atoms with Gasteiger partial charge in [-0.2, -0.15) is 0 Å². The lowest BCUT2D eigenvalue weighted by molar-refractivity contribution is -0.123. The Bertz CT molecular complexity index is 1110. The summed E-state index contributed by atoms with van der Waals surface area (Å²) in [4.78, 5) is 37.3. The highest BCUT2D eigenvalue weighted by molar-refractivity contribution is 8.18. The van der Waals surface area contributed by atoms with Crippen molar-refractivity contribution in [2.24, 2.45) is 0 Å². The van der Waals surface area contributed by atoms with Crippen LogP contribution in [0.2, 0.25) is 0 Å². The van der Waals surface area contributed by atoms with Gasteiger partial charge in [0.15, 0.2) is 0 Å². The number of rotatable bonds is 8. The predicted molar refractivity (Wildman–Crippen MR) is 129 cm³/mol. The topological polar surface area (TPSA) is 63.7 Å². The molecule has 0 bridgehead atoms. The minimum Gasteiger partial charge on any atom is -0.492 e. The Labute approximate surface area is 192 Å². The van der Waals surface area contributed by atoms with Crippen LogP contribution in [-0.4, -0.2) is 35.5 Å². The Morgan fingerprint density at radius 1 is 1.00 bits per heavy atom. The molecule has 2 aromatic rings. The van der Waals surface area contributed by atoms with E-state index in [1.165, 1.54) is 4.90 Å². The lowest BCUT2D eigenvalue weighted by Gasteiger charge is -2.13. The molecule has 0 spiro atoms. The summed E-state index contributed by atoms with van der Waals surface area (Å²) < 4.78 is 5.67. The van der Waals surface area contributed by atoms with Crippen molar-refractivity contribution < 1.29 is 19.1 Å². The van der Waals surface area contributed by atoms with Crippen molar-refractivity contribution in [2.45, 2.75) is 20.8 Å². The highest BCUT2D eigenvalue weighted by atomic mass is 32.2. The third-order valence-corrected chi connectivity index (χ3v) is 5.62. The van der Waals surface area contributed by atoms with Crippen LogP contribution in [0.3, 0.4) is 0 Å². The van der Waals surface area contributed by atoms with E-state index in [0.29, 0.717) is 16.2 Å². The number of benzene rings is 2. The van der Waals surface area contributed by atoms with E-state index < -0.39 is 0 Å². The van der Waals surface area contributed by atoms with E-state index in [2.05, 4.69) is 0 Å². The number of carbonyl (C=O) groups excluding carboxylic acids is 3. The fourth-order valence-corrected chi connectivity index (χ4v) is 4.06. The van der Waals surface area contributed by atoms with Gasteiger partial charge in [-0.3, -0.25) is 19.3 Å². The molecule has 0 aliphatic carbocycles. The van der Waals surface area contributed by atoms with E-state index in [9.17, 15) is 14.4 Å². The number of hydrogen-bond acceptors (Lipinski definition) is 5. The largest absolute Gasteiger partial charge is 0.492 e. The molecule has 0 atom stereocenters. The van der Waals surface area contributed by atoms with Crippen LogP contribution in [0.25, 0.3) is 12.2 Å². The standard InChI is InChI=1S/C26H25NO4S/c1-18-5-4-6-23(15-18)31-12-11-27-25(29)24(32-26(27)30)16-19(2)13-21-7-9-22(10-8-21)14-20(3)17-28/h4-10,13-17H,11-12H2,1-3H3/b19-13+,20-14+,24-16-. The zero-order valence-electron chi connectivity index (χ0n) is 18.3. The molecule has 1 fully saturated rings. The molecular weight excluding hydrogens is 422 g/mol. The normalized spacial score (nSPS) is 16.1. The minimum atomic E-state index is -0.301. The predicted octanol–water partition coefficient (Wildman–Crippen LogP) is 5.66. The zero-order chi connectivity index (χ0) is 23.1. The van der Waals surface area contributed by atoms with Crippen LogP contribution in [0, 0.1) is 6.92 Å². The second kappa shape index (κ2) is 10.8. The number of aldehydes is 1. The molecule has 5 nitrogen and oxygen atoms in total. The fraction of sp³-hybridized carbons (Fsp3) is 0.192. The SMILES string of the molecule is C/C(C=O)=C\c1ccc(/C=C(C)/C=C2\SC(=O)N(CCOc3cccc(C)c3)C2=O)cc1. The number of allylic oxidation sites excluding steroid dienone is 3. The van der Waals surface area contributed by atoms with Gasteiger partial charge < -0.3 is 4.74 Å². The van der Waals surface area contributed by atoms with Crippen molar-refractivity contribution in [3.05, 3.63) is 87.3 Å². The minimum absolute atomic E-state index is 0.202. The van der Waals surface area contributed by atoms with Crippen molar-refractivity contribution in [1.82, 2.24) is 4.90 Å². The van der Waals surface area contributed by atoms with E-state index in [4.69, 9.17) is 4.74 Å². The van der Waals surface area contributed by atoms with Gasteiger partial charge in [-0.05, 0) is 84.7 Å². The molecule has 0 N–H and O–H groups in total. The molecule has 1 heterocycles. The van der Waals surface area contributed by atoms with Gasteiger partial charge in [0.05, 0.1) is 11.4 Å². The van der Waals surface area contributed by atoms with E-state index in [1.807, 2.05) is 74.5 Å². The van der Waals surface area contributed by atoms with Gasteiger partial charge in [-0.1, -0.05) is 42.5 Å². The number of thioether (sulfide) groups is 1. The first-order valence-electron chi connectivity index (χ1n) is 10.2. The number of aryl methyl sites for hydroxylation is 1. The van der Waals surface area contributed by atoms with Crippen molar-refractivity contribution in [1.29, 1.82) is 0 Å². The summed E-state index contributed by atoms with van der Waals surface area (Å²) in [5.41, 5.74) is 4.51. The van der Waals surface area contributed by atoms with E-state index in [0.717, 1.165) is 40.3 Å². The molecule has 164 valence electrons. The second-order valence-corrected chi connectivity index (χ2v) is 8.55. The summed E-state index contributed by atoms with van der Waals surface area (Å²) >= 11 is 0.942. The summed E-state index contributed by atoms with van der Waals surface area (Å²) in [7, 11) is 0. The summed E-state index contributed by atoms with van der Waals surface area (Å²) in [5, 5.41) is -0.288. The van der Waals surface area contributed by atoms with Gasteiger partial charge in [0, 0.05) is 0 Å². The van der Waals surface area contributed by atoms with Crippen LogP contribution in [-0.2, 0) is 9.59 Å². The van der Waals surface area contributed by atoms with Crippen molar-refractivity contribution in [3.63, 3.8) is 0 Å². The Balaban J connectivity index is 1.62. The number of amides is 2. The maximum atomic E-state index is 12.7. The van der Waals surface area contributed by atoms with Crippen molar-refractivity contribution in [3.8, 4) is 5.75 Å². The molecule has 0 aromatic heterocycles. The van der Waals surface area contributed by atoms with Crippen molar-refractivity contribution >= 4 is 41.3 Å². The highest BCUT2D eigenvalue weighted by Crippen LogP contribution is 2.31.